The Morgan fingerprint density at radius 2 is 1.66 bits per heavy atom. The average molecular weight is 382 g/mol. The number of nitrogens with one attached hydrogen (secondary N) is 1. The largest absolute Gasteiger partial charge is 0.319 e. The summed E-state index contributed by atoms with van der Waals surface area (Å²) in [4.78, 5) is 17.4. The Morgan fingerprint density at radius 3 is 2.38 bits per heavy atom. The molecule has 0 spiro atoms. The Hall–Kier alpha value is -3.73. The van der Waals surface area contributed by atoms with E-state index in [0.717, 1.165) is 22.4 Å². The van der Waals surface area contributed by atoms with E-state index in [1.807, 2.05) is 67.6 Å². The monoisotopic (exact) mass is 382 g/mol. The van der Waals surface area contributed by atoms with Crippen molar-refractivity contribution in [3.63, 3.8) is 0 Å². The lowest BCUT2D eigenvalue weighted by molar-refractivity contribution is 0.101. The minimum atomic E-state index is -0.340. The van der Waals surface area contributed by atoms with Gasteiger partial charge in [-0.15, -0.1) is 5.10 Å². The van der Waals surface area contributed by atoms with Crippen LogP contribution in [0.5, 0.6) is 0 Å². The number of carbonyl (C=O) groups excluding carboxylic acids is 1. The van der Waals surface area contributed by atoms with Crippen molar-refractivity contribution in [3.8, 4) is 17.1 Å². The number of amides is 1. The number of hydrogen-bond donors (Lipinski definition) is 1. The second kappa shape index (κ2) is 7.72. The zero-order valence-electron chi connectivity index (χ0n) is 16.7. The summed E-state index contributed by atoms with van der Waals surface area (Å²) < 4.78 is 1.74. The van der Waals surface area contributed by atoms with Crippen LogP contribution in [0.3, 0.4) is 0 Å². The SMILES string of the molecule is Cc1cccc(-c2nc(C(=O)Nc3ccccc3)nn2-c2ccc(C)c(C)c2)c1. The molecular weight excluding hydrogens is 360 g/mol. The summed E-state index contributed by atoms with van der Waals surface area (Å²) in [5, 5.41) is 7.40. The molecule has 0 atom stereocenters. The molecule has 1 amide bonds. The fraction of sp³-hybridized carbons (Fsp3) is 0.125. The van der Waals surface area contributed by atoms with Crippen LogP contribution in [0.2, 0.25) is 0 Å². The van der Waals surface area contributed by atoms with Gasteiger partial charge in [-0.2, -0.15) is 0 Å². The number of benzene rings is 3. The van der Waals surface area contributed by atoms with Crippen molar-refractivity contribution >= 4 is 11.6 Å². The summed E-state index contributed by atoms with van der Waals surface area (Å²) in [5.74, 6) is 0.423. The van der Waals surface area contributed by atoms with Crippen LogP contribution in [-0.4, -0.2) is 20.7 Å². The smallest absolute Gasteiger partial charge is 0.295 e. The standard InChI is InChI=1S/C24H22N4O/c1-16-8-7-9-19(14-16)23-26-22(24(29)25-20-10-5-4-6-11-20)27-28(23)21-13-12-17(2)18(3)15-21/h4-15H,1-3H3,(H,25,29). The summed E-state index contributed by atoms with van der Waals surface area (Å²) in [7, 11) is 0. The number of carbonyl (C=O) groups is 1. The Morgan fingerprint density at radius 1 is 0.862 bits per heavy atom. The molecule has 5 heteroatoms. The molecule has 29 heavy (non-hydrogen) atoms. The second-order valence-electron chi connectivity index (χ2n) is 7.13. The number of para-hydroxylation sites is 1. The van der Waals surface area contributed by atoms with Crippen LogP contribution in [0.15, 0.2) is 72.8 Å². The molecular formula is C24H22N4O. The maximum absolute atomic E-state index is 12.8. The number of aryl methyl sites for hydroxylation is 3. The Labute approximate surface area is 170 Å². The highest BCUT2D eigenvalue weighted by Crippen LogP contribution is 2.24. The van der Waals surface area contributed by atoms with Gasteiger partial charge in [0, 0.05) is 11.3 Å². The third-order valence-corrected chi connectivity index (χ3v) is 4.85. The van der Waals surface area contributed by atoms with Crippen molar-refractivity contribution in [1.82, 2.24) is 14.8 Å². The summed E-state index contributed by atoms with van der Waals surface area (Å²) in [6, 6.07) is 23.4. The normalized spacial score (nSPS) is 10.7. The molecule has 0 fully saturated rings. The molecule has 5 nitrogen and oxygen atoms in total. The van der Waals surface area contributed by atoms with E-state index in [-0.39, 0.29) is 11.7 Å². The van der Waals surface area contributed by atoms with Crippen LogP contribution < -0.4 is 5.32 Å². The van der Waals surface area contributed by atoms with Crippen LogP contribution in [-0.2, 0) is 0 Å². The van der Waals surface area contributed by atoms with Gasteiger partial charge in [0.1, 0.15) is 0 Å². The molecule has 1 heterocycles. The van der Waals surface area contributed by atoms with Gasteiger partial charge < -0.3 is 5.32 Å². The topological polar surface area (TPSA) is 59.8 Å². The second-order valence-corrected chi connectivity index (χ2v) is 7.13. The van der Waals surface area contributed by atoms with E-state index in [1.165, 1.54) is 5.56 Å². The number of anilines is 1. The van der Waals surface area contributed by atoms with E-state index < -0.39 is 0 Å². The number of nitrogens with zero attached hydrogens (tertiary/aromatic N) is 3. The Kier molecular flexibility index (Phi) is 4.96. The molecule has 0 saturated heterocycles. The Balaban J connectivity index is 1.80. The minimum absolute atomic E-state index is 0.128. The lowest BCUT2D eigenvalue weighted by Gasteiger charge is -2.08. The van der Waals surface area contributed by atoms with Gasteiger partial charge >= 0.3 is 0 Å². The van der Waals surface area contributed by atoms with Crippen LogP contribution in [0.4, 0.5) is 5.69 Å². The molecule has 4 aromatic rings. The quantitative estimate of drug-likeness (QED) is 0.533. The maximum Gasteiger partial charge on any atom is 0.295 e. The van der Waals surface area contributed by atoms with Crippen molar-refractivity contribution in [2.75, 3.05) is 5.32 Å². The van der Waals surface area contributed by atoms with Crippen LogP contribution in [0.25, 0.3) is 17.1 Å². The van der Waals surface area contributed by atoms with Gasteiger partial charge in [-0.3, -0.25) is 4.79 Å². The highest BCUT2D eigenvalue weighted by Gasteiger charge is 2.19. The molecule has 1 N–H and O–H groups in total. The first-order valence-electron chi connectivity index (χ1n) is 9.49. The van der Waals surface area contributed by atoms with Gasteiger partial charge in [0.05, 0.1) is 5.69 Å². The summed E-state index contributed by atoms with van der Waals surface area (Å²) in [6.45, 7) is 6.16. The van der Waals surface area contributed by atoms with Gasteiger partial charge in [0.15, 0.2) is 5.82 Å². The molecule has 144 valence electrons. The number of rotatable bonds is 4. The zero-order valence-corrected chi connectivity index (χ0v) is 16.7. The predicted molar refractivity (Wildman–Crippen MR) is 115 cm³/mol. The maximum atomic E-state index is 12.8. The van der Waals surface area contributed by atoms with Crippen molar-refractivity contribution in [1.29, 1.82) is 0 Å². The van der Waals surface area contributed by atoms with Crippen molar-refractivity contribution in [3.05, 3.63) is 95.3 Å². The lowest BCUT2D eigenvalue weighted by Crippen LogP contribution is -2.14. The van der Waals surface area contributed by atoms with E-state index in [1.54, 1.807) is 4.68 Å². The molecule has 0 aliphatic heterocycles. The molecule has 1 aromatic heterocycles. The zero-order chi connectivity index (χ0) is 20.4. The molecule has 0 bridgehead atoms. The molecule has 3 aromatic carbocycles. The van der Waals surface area contributed by atoms with Gasteiger partial charge in [-0.05, 0) is 62.2 Å². The highest BCUT2D eigenvalue weighted by molar-refractivity contribution is 6.01. The van der Waals surface area contributed by atoms with Crippen molar-refractivity contribution in [2.45, 2.75) is 20.8 Å². The highest BCUT2D eigenvalue weighted by atomic mass is 16.2. The number of aromatic nitrogens is 3. The fourth-order valence-electron chi connectivity index (χ4n) is 3.13. The van der Waals surface area contributed by atoms with Gasteiger partial charge in [0.25, 0.3) is 5.91 Å². The van der Waals surface area contributed by atoms with Crippen molar-refractivity contribution < 1.29 is 4.79 Å². The van der Waals surface area contributed by atoms with Crippen LogP contribution in [0, 0.1) is 20.8 Å². The summed E-state index contributed by atoms with van der Waals surface area (Å²) in [5.41, 5.74) is 5.96. The van der Waals surface area contributed by atoms with Crippen LogP contribution >= 0.6 is 0 Å². The predicted octanol–water partition coefficient (Wildman–Crippen LogP) is 5.11. The molecule has 4 rings (SSSR count). The molecule has 0 aliphatic rings. The van der Waals surface area contributed by atoms with E-state index in [4.69, 9.17) is 0 Å². The average Bonchev–Trinajstić information content (AvgIpc) is 3.16. The Bertz CT molecular complexity index is 1180. The first-order valence-corrected chi connectivity index (χ1v) is 9.49. The van der Waals surface area contributed by atoms with Gasteiger partial charge in [-0.25, -0.2) is 9.67 Å². The van der Waals surface area contributed by atoms with E-state index in [9.17, 15) is 4.79 Å². The third kappa shape index (κ3) is 3.94. The summed E-state index contributed by atoms with van der Waals surface area (Å²) >= 11 is 0. The molecule has 0 aliphatic carbocycles. The van der Waals surface area contributed by atoms with Crippen LogP contribution in [0.1, 0.15) is 27.3 Å². The first-order chi connectivity index (χ1) is 14.0. The first kappa shape index (κ1) is 18.6. The molecule has 0 unspecified atom stereocenters. The van der Waals surface area contributed by atoms with E-state index >= 15 is 0 Å². The van der Waals surface area contributed by atoms with Gasteiger partial charge in [0.2, 0.25) is 5.82 Å². The van der Waals surface area contributed by atoms with Gasteiger partial charge in [-0.1, -0.05) is 48.0 Å². The minimum Gasteiger partial charge on any atom is -0.319 e. The molecule has 0 radical (unpaired) electrons. The van der Waals surface area contributed by atoms with E-state index in [2.05, 4.69) is 41.4 Å². The summed E-state index contributed by atoms with van der Waals surface area (Å²) in [6.07, 6.45) is 0. The molecule has 0 saturated carbocycles. The lowest BCUT2D eigenvalue weighted by atomic mass is 10.1. The fourth-order valence-corrected chi connectivity index (χ4v) is 3.13. The van der Waals surface area contributed by atoms with Crippen molar-refractivity contribution in [2.24, 2.45) is 0 Å². The third-order valence-electron chi connectivity index (χ3n) is 4.85. The van der Waals surface area contributed by atoms with E-state index in [0.29, 0.717) is 11.5 Å². The number of hydrogen-bond acceptors (Lipinski definition) is 3.